The molecule has 0 spiro atoms. The molecule has 0 bridgehead atoms. The van der Waals surface area contributed by atoms with Gasteiger partial charge in [0, 0.05) is 11.8 Å². The molecule has 0 aromatic rings. The molecular formula is C24H38O4. The normalized spacial score (nSPS) is 51.8. The summed E-state index contributed by atoms with van der Waals surface area (Å²) in [5.74, 6) is 0.844. The van der Waals surface area contributed by atoms with E-state index >= 15 is 0 Å². The van der Waals surface area contributed by atoms with Gasteiger partial charge in [-0.2, -0.15) is 0 Å². The van der Waals surface area contributed by atoms with E-state index in [0.29, 0.717) is 23.5 Å². The van der Waals surface area contributed by atoms with Crippen molar-refractivity contribution in [3.05, 3.63) is 0 Å². The number of aliphatic hydroxyl groups is 1. The Morgan fingerprint density at radius 3 is 2.36 bits per heavy atom. The van der Waals surface area contributed by atoms with Crippen LogP contribution in [0.1, 0.15) is 79.1 Å². The van der Waals surface area contributed by atoms with Gasteiger partial charge >= 0.3 is 5.97 Å². The van der Waals surface area contributed by atoms with Gasteiger partial charge in [0.05, 0.1) is 12.0 Å². The maximum absolute atomic E-state index is 13.8. The van der Waals surface area contributed by atoms with Crippen molar-refractivity contribution in [1.29, 1.82) is 0 Å². The topological polar surface area (TPSA) is 74.6 Å². The molecule has 10 atom stereocenters. The van der Waals surface area contributed by atoms with E-state index in [1.54, 1.807) is 0 Å². The van der Waals surface area contributed by atoms with Crippen LogP contribution in [-0.4, -0.2) is 28.1 Å². The van der Waals surface area contributed by atoms with Crippen molar-refractivity contribution in [3.63, 3.8) is 0 Å². The molecule has 0 aliphatic heterocycles. The van der Waals surface area contributed by atoms with Crippen molar-refractivity contribution < 1.29 is 19.8 Å². The highest BCUT2D eigenvalue weighted by atomic mass is 16.4. The van der Waals surface area contributed by atoms with Crippen LogP contribution in [0.2, 0.25) is 0 Å². The Hall–Kier alpha value is -0.900. The Morgan fingerprint density at radius 2 is 1.71 bits per heavy atom. The van der Waals surface area contributed by atoms with Crippen LogP contribution < -0.4 is 0 Å². The molecule has 2 N–H and O–H groups in total. The molecule has 1 unspecified atom stereocenters. The maximum Gasteiger partial charge on any atom is 0.306 e. The lowest BCUT2D eigenvalue weighted by Crippen LogP contribution is -2.60. The summed E-state index contributed by atoms with van der Waals surface area (Å²) < 4.78 is 0. The SMILES string of the molecule is CC[C@H]1C(=O)[C@@H]2[C@H](CC[C@]3(C)C([C@H](C)C(=O)O)CC[C@@H]23)[C@@]2(C)CC[C@@H](O)C[C@@H]12. The van der Waals surface area contributed by atoms with Gasteiger partial charge in [-0.25, -0.2) is 0 Å². The Kier molecular flexibility index (Phi) is 4.96. The second-order valence-electron chi connectivity index (χ2n) is 11.1. The number of carbonyl (C=O) groups is 2. The average Bonchev–Trinajstić information content (AvgIpc) is 3.00. The monoisotopic (exact) mass is 390 g/mol. The summed E-state index contributed by atoms with van der Waals surface area (Å²) in [6.45, 7) is 8.70. The number of aliphatic carboxylic acids is 1. The highest BCUT2D eigenvalue weighted by molar-refractivity contribution is 5.86. The molecule has 0 aromatic carbocycles. The van der Waals surface area contributed by atoms with E-state index in [1.165, 1.54) is 0 Å². The van der Waals surface area contributed by atoms with E-state index in [0.717, 1.165) is 51.4 Å². The summed E-state index contributed by atoms with van der Waals surface area (Å²) >= 11 is 0. The van der Waals surface area contributed by atoms with Gasteiger partial charge in [0.2, 0.25) is 0 Å². The molecule has 0 aromatic heterocycles. The third-order valence-corrected chi connectivity index (χ3v) is 10.2. The van der Waals surface area contributed by atoms with E-state index in [1.807, 2.05) is 6.92 Å². The molecule has 0 amide bonds. The van der Waals surface area contributed by atoms with E-state index in [2.05, 4.69) is 20.8 Å². The molecule has 4 aliphatic rings. The van der Waals surface area contributed by atoms with Gasteiger partial charge in [0.25, 0.3) is 0 Å². The number of carbonyl (C=O) groups excluding carboxylic acids is 1. The number of rotatable bonds is 3. The summed E-state index contributed by atoms with van der Waals surface area (Å²) in [7, 11) is 0. The molecule has 0 heterocycles. The molecule has 4 fully saturated rings. The lowest BCUT2D eigenvalue weighted by atomic mass is 9.42. The third kappa shape index (κ3) is 2.66. The smallest absolute Gasteiger partial charge is 0.306 e. The predicted octanol–water partition coefficient (Wildman–Crippen LogP) is 4.54. The molecule has 0 saturated heterocycles. The maximum atomic E-state index is 13.8. The summed E-state index contributed by atoms with van der Waals surface area (Å²) in [6.07, 6.45) is 7.34. The number of carboxylic acid groups (broad SMARTS) is 1. The van der Waals surface area contributed by atoms with Crippen LogP contribution in [0.4, 0.5) is 0 Å². The predicted molar refractivity (Wildman–Crippen MR) is 108 cm³/mol. The zero-order chi connectivity index (χ0) is 20.4. The van der Waals surface area contributed by atoms with Gasteiger partial charge in [-0.3, -0.25) is 9.59 Å². The zero-order valence-corrected chi connectivity index (χ0v) is 18.0. The third-order valence-electron chi connectivity index (χ3n) is 10.2. The minimum Gasteiger partial charge on any atom is -0.481 e. The lowest BCUT2D eigenvalue weighted by molar-refractivity contribution is -0.174. The van der Waals surface area contributed by atoms with E-state index in [9.17, 15) is 19.8 Å². The van der Waals surface area contributed by atoms with Gasteiger partial charge in [0.1, 0.15) is 5.78 Å². The lowest BCUT2D eigenvalue weighted by Gasteiger charge is -2.62. The van der Waals surface area contributed by atoms with Crippen molar-refractivity contribution in [2.45, 2.75) is 85.2 Å². The summed E-state index contributed by atoms with van der Waals surface area (Å²) in [6, 6.07) is 0. The van der Waals surface area contributed by atoms with E-state index in [-0.39, 0.29) is 40.6 Å². The Morgan fingerprint density at radius 1 is 1.07 bits per heavy atom. The fourth-order valence-electron chi connectivity index (χ4n) is 8.67. The van der Waals surface area contributed by atoms with Crippen molar-refractivity contribution in [2.24, 2.45) is 52.3 Å². The van der Waals surface area contributed by atoms with Crippen LogP contribution in [0.25, 0.3) is 0 Å². The van der Waals surface area contributed by atoms with Crippen molar-refractivity contribution in [2.75, 3.05) is 0 Å². The molecule has 158 valence electrons. The molecule has 4 saturated carbocycles. The Bertz CT molecular complexity index is 659. The number of hydrogen-bond acceptors (Lipinski definition) is 3. The molecule has 4 heteroatoms. The fraction of sp³-hybridized carbons (Fsp3) is 0.917. The summed E-state index contributed by atoms with van der Waals surface area (Å²) in [5.41, 5.74) is 0.126. The van der Waals surface area contributed by atoms with Gasteiger partial charge in [-0.15, -0.1) is 0 Å². The highest BCUT2D eigenvalue weighted by Crippen LogP contribution is 2.68. The number of aliphatic hydroxyl groups excluding tert-OH is 1. The Balaban J connectivity index is 1.71. The van der Waals surface area contributed by atoms with Crippen LogP contribution in [0.15, 0.2) is 0 Å². The highest BCUT2D eigenvalue weighted by Gasteiger charge is 2.65. The quantitative estimate of drug-likeness (QED) is 0.742. The second kappa shape index (κ2) is 6.82. The second-order valence-corrected chi connectivity index (χ2v) is 11.1. The molecule has 0 radical (unpaired) electrons. The van der Waals surface area contributed by atoms with Gasteiger partial charge in [-0.1, -0.05) is 27.7 Å². The van der Waals surface area contributed by atoms with Crippen LogP contribution >= 0.6 is 0 Å². The van der Waals surface area contributed by atoms with Crippen LogP contribution in [0, 0.1) is 52.3 Å². The number of carboxylic acids is 1. The molecule has 4 nitrogen and oxygen atoms in total. The molecule has 4 rings (SSSR count). The van der Waals surface area contributed by atoms with Crippen molar-refractivity contribution in [1.82, 2.24) is 0 Å². The number of fused-ring (bicyclic) bond motifs is 5. The molecule has 28 heavy (non-hydrogen) atoms. The average molecular weight is 391 g/mol. The first kappa shape index (κ1) is 20.4. The van der Waals surface area contributed by atoms with Crippen molar-refractivity contribution >= 4 is 11.8 Å². The zero-order valence-electron chi connectivity index (χ0n) is 18.0. The largest absolute Gasteiger partial charge is 0.481 e. The van der Waals surface area contributed by atoms with Crippen LogP contribution in [0.3, 0.4) is 0 Å². The first-order valence-electron chi connectivity index (χ1n) is 11.6. The van der Waals surface area contributed by atoms with Crippen molar-refractivity contribution in [3.8, 4) is 0 Å². The van der Waals surface area contributed by atoms with Gasteiger partial charge in [-0.05, 0) is 85.9 Å². The van der Waals surface area contributed by atoms with Crippen LogP contribution in [-0.2, 0) is 9.59 Å². The first-order chi connectivity index (χ1) is 13.1. The van der Waals surface area contributed by atoms with E-state index in [4.69, 9.17) is 0 Å². The first-order valence-corrected chi connectivity index (χ1v) is 11.6. The minimum atomic E-state index is -0.691. The summed E-state index contributed by atoms with van der Waals surface area (Å²) in [4.78, 5) is 25.5. The summed E-state index contributed by atoms with van der Waals surface area (Å²) in [5, 5.41) is 20.0. The molecular weight excluding hydrogens is 352 g/mol. The number of hydrogen-bond donors (Lipinski definition) is 2. The standard InChI is InChI=1S/C24H38O4/c1-5-15-19-12-14(25)8-10-24(19,4)18-9-11-23(3)16(13(2)22(27)28)6-7-17(23)20(18)21(15)26/h13-20,25H,5-12H2,1-4H3,(H,27,28)/t13-,14+,15+,16?,17-,18-,19-,20-,23+,24+/m0/s1. The number of ketones is 1. The van der Waals surface area contributed by atoms with Gasteiger partial charge < -0.3 is 10.2 Å². The van der Waals surface area contributed by atoms with Crippen LogP contribution in [0.5, 0.6) is 0 Å². The Labute approximate surface area is 169 Å². The number of Topliss-reactive ketones (excluding diaryl/α,β-unsaturated/α-hetero) is 1. The van der Waals surface area contributed by atoms with E-state index < -0.39 is 5.97 Å². The van der Waals surface area contributed by atoms with Gasteiger partial charge in [0.15, 0.2) is 0 Å². The molecule has 4 aliphatic carbocycles. The fourth-order valence-corrected chi connectivity index (χ4v) is 8.67. The minimum absolute atomic E-state index is 0.0235.